The standard InChI is InChI=1S/C15H20N4O3S/c1-11-6-5-7-12(2)19(11)14(20)10-23(21,22)15-17-16-13-8-3-4-9-18(13)15/h3-4,8-9,11-12H,5-7,10H2,1-2H3. The summed E-state index contributed by atoms with van der Waals surface area (Å²) in [5.41, 5.74) is 0.443. The Kier molecular flexibility index (Phi) is 4.09. The number of pyridine rings is 1. The molecule has 1 saturated heterocycles. The molecule has 0 aromatic carbocycles. The van der Waals surface area contributed by atoms with Crippen molar-refractivity contribution in [2.45, 2.75) is 50.4 Å². The monoisotopic (exact) mass is 336 g/mol. The molecule has 0 spiro atoms. The van der Waals surface area contributed by atoms with Crippen molar-refractivity contribution in [3.63, 3.8) is 0 Å². The van der Waals surface area contributed by atoms with Crippen LogP contribution in [0.1, 0.15) is 33.1 Å². The van der Waals surface area contributed by atoms with Gasteiger partial charge in [-0.15, -0.1) is 10.2 Å². The van der Waals surface area contributed by atoms with E-state index in [4.69, 9.17) is 0 Å². The molecule has 2 atom stereocenters. The Balaban J connectivity index is 1.87. The first kappa shape index (κ1) is 15.9. The summed E-state index contributed by atoms with van der Waals surface area (Å²) in [5, 5.41) is 7.42. The van der Waals surface area contributed by atoms with Gasteiger partial charge >= 0.3 is 0 Å². The van der Waals surface area contributed by atoms with E-state index in [1.54, 1.807) is 29.3 Å². The third-order valence-electron chi connectivity index (χ3n) is 4.36. The van der Waals surface area contributed by atoms with Crippen LogP contribution in [0.3, 0.4) is 0 Å². The maximum atomic E-state index is 12.6. The topological polar surface area (TPSA) is 84.6 Å². The van der Waals surface area contributed by atoms with Gasteiger partial charge in [-0.3, -0.25) is 9.20 Å². The lowest BCUT2D eigenvalue weighted by molar-refractivity contribution is -0.134. The van der Waals surface area contributed by atoms with Gasteiger partial charge in [0, 0.05) is 18.3 Å². The van der Waals surface area contributed by atoms with Gasteiger partial charge in [0.05, 0.1) is 0 Å². The highest BCUT2D eigenvalue weighted by Crippen LogP contribution is 2.23. The van der Waals surface area contributed by atoms with E-state index in [0.717, 1.165) is 19.3 Å². The quantitative estimate of drug-likeness (QED) is 0.843. The van der Waals surface area contributed by atoms with Gasteiger partial charge in [-0.25, -0.2) is 8.42 Å². The number of carbonyl (C=O) groups is 1. The molecule has 2 aromatic rings. The number of nitrogens with zero attached hydrogens (tertiary/aromatic N) is 4. The zero-order valence-electron chi connectivity index (χ0n) is 13.2. The molecule has 3 heterocycles. The summed E-state index contributed by atoms with van der Waals surface area (Å²) in [6.07, 6.45) is 4.46. The molecule has 0 radical (unpaired) electrons. The summed E-state index contributed by atoms with van der Waals surface area (Å²) >= 11 is 0. The summed E-state index contributed by atoms with van der Waals surface area (Å²) in [7, 11) is -3.84. The first-order valence-corrected chi connectivity index (χ1v) is 9.39. The molecule has 3 rings (SSSR count). The van der Waals surface area contributed by atoms with E-state index in [1.807, 2.05) is 13.8 Å². The number of rotatable bonds is 3. The summed E-state index contributed by atoms with van der Waals surface area (Å²) in [4.78, 5) is 14.3. The largest absolute Gasteiger partial charge is 0.336 e. The number of hydrogen-bond donors (Lipinski definition) is 0. The second-order valence-corrected chi connectivity index (χ2v) is 7.98. The lowest BCUT2D eigenvalue weighted by Gasteiger charge is -2.39. The van der Waals surface area contributed by atoms with E-state index < -0.39 is 15.6 Å². The fraction of sp³-hybridized carbons (Fsp3) is 0.533. The number of hydrogen-bond acceptors (Lipinski definition) is 5. The lowest BCUT2D eigenvalue weighted by atomic mass is 9.98. The van der Waals surface area contributed by atoms with Crippen LogP contribution in [0.15, 0.2) is 29.6 Å². The van der Waals surface area contributed by atoms with Crippen LogP contribution in [0.25, 0.3) is 5.65 Å². The van der Waals surface area contributed by atoms with E-state index in [0.29, 0.717) is 5.65 Å². The average molecular weight is 336 g/mol. The minimum absolute atomic E-state index is 0.0663. The van der Waals surface area contributed by atoms with E-state index in [2.05, 4.69) is 10.2 Å². The minimum atomic E-state index is -3.84. The third kappa shape index (κ3) is 2.95. The first-order valence-electron chi connectivity index (χ1n) is 7.74. The number of sulfone groups is 1. The second kappa shape index (κ2) is 5.92. The fourth-order valence-electron chi connectivity index (χ4n) is 3.25. The van der Waals surface area contributed by atoms with E-state index in [1.165, 1.54) is 4.40 Å². The van der Waals surface area contributed by atoms with Crippen LogP contribution in [0.4, 0.5) is 0 Å². The van der Waals surface area contributed by atoms with Crippen molar-refractivity contribution in [2.24, 2.45) is 0 Å². The number of fused-ring (bicyclic) bond motifs is 1. The van der Waals surface area contributed by atoms with Crippen molar-refractivity contribution in [1.29, 1.82) is 0 Å². The van der Waals surface area contributed by atoms with Gasteiger partial charge in [-0.1, -0.05) is 6.07 Å². The van der Waals surface area contributed by atoms with Gasteiger partial charge in [0.2, 0.25) is 15.7 Å². The molecular formula is C15H20N4O3S. The maximum absolute atomic E-state index is 12.6. The van der Waals surface area contributed by atoms with Crippen LogP contribution in [0.2, 0.25) is 0 Å². The number of carbonyl (C=O) groups excluding carboxylic acids is 1. The summed E-state index contributed by atoms with van der Waals surface area (Å²) in [6.45, 7) is 3.93. The molecule has 0 bridgehead atoms. The Morgan fingerprint density at radius 2 is 1.91 bits per heavy atom. The lowest BCUT2D eigenvalue weighted by Crippen LogP contribution is -2.49. The van der Waals surface area contributed by atoms with Crippen molar-refractivity contribution in [3.8, 4) is 0 Å². The first-order chi connectivity index (χ1) is 10.9. The number of aromatic nitrogens is 3. The molecule has 2 aromatic heterocycles. The zero-order chi connectivity index (χ0) is 16.6. The summed E-state index contributed by atoms with van der Waals surface area (Å²) < 4.78 is 26.6. The van der Waals surface area contributed by atoms with E-state index >= 15 is 0 Å². The van der Waals surface area contributed by atoms with Crippen LogP contribution in [0, 0.1) is 0 Å². The Labute approximate surface area is 135 Å². The highest BCUT2D eigenvalue weighted by Gasteiger charge is 2.33. The Morgan fingerprint density at radius 1 is 1.22 bits per heavy atom. The molecule has 23 heavy (non-hydrogen) atoms. The molecule has 1 fully saturated rings. The summed E-state index contributed by atoms with van der Waals surface area (Å²) in [5.74, 6) is -0.936. The van der Waals surface area contributed by atoms with Crippen LogP contribution >= 0.6 is 0 Å². The third-order valence-corrected chi connectivity index (χ3v) is 5.82. The van der Waals surface area contributed by atoms with E-state index in [-0.39, 0.29) is 23.1 Å². The molecule has 1 aliphatic rings. The van der Waals surface area contributed by atoms with Crippen molar-refractivity contribution in [1.82, 2.24) is 19.5 Å². The molecule has 1 aliphatic heterocycles. The molecule has 0 N–H and O–H groups in total. The highest BCUT2D eigenvalue weighted by molar-refractivity contribution is 7.91. The molecule has 0 saturated carbocycles. The molecule has 7 nitrogen and oxygen atoms in total. The van der Waals surface area contributed by atoms with Gasteiger partial charge in [-0.05, 0) is 45.2 Å². The summed E-state index contributed by atoms with van der Waals surface area (Å²) in [6, 6.07) is 5.25. The zero-order valence-corrected chi connectivity index (χ0v) is 14.0. The van der Waals surface area contributed by atoms with Gasteiger partial charge < -0.3 is 4.90 Å². The van der Waals surface area contributed by atoms with Crippen molar-refractivity contribution in [2.75, 3.05) is 5.75 Å². The van der Waals surface area contributed by atoms with E-state index in [9.17, 15) is 13.2 Å². The smallest absolute Gasteiger partial charge is 0.254 e. The molecule has 1 amide bonds. The SMILES string of the molecule is CC1CCCC(C)N1C(=O)CS(=O)(=O)c1nnc2ccccn12. The second-order valence-electron chi connectivity index (χ2n) is 6.10. The molecule has 2 unspecified atom stereocenters. The van der Waals surface area contributed by atoms with Crippen LogP contribution in [-0.2, 0) is 14.6 Å². The average Bonchev–Trinajstić information content (AvgIpc) is 2.91. The minimum Gasteiger partial charge on any atom is -0.336 e. The molecule has 0 aliphatic carbocycles. The number of amides is 1. The maximum Gasteiger partial charge on any atom is 0.254 e. The van der Waals surface area contributed by atoms with Crippen molar-refractivity contribution in [3.05, 3.63) is 24.4 Å². The fourth-order valence-corrected chi connectivity index (χ4v) is 4.47. The normalized spacial score (nSPS) is 22.4. The van der Waals surface area contributed by atoms with Crippen LogP contribution < -0.4 is 0 Å². The Hall–Kier alpha value is -1.96. The van der Waals surface area contributed by atoms with Gasteiger partial charge in [0.1, 0.15) is 5.75 Å². The van der Waals surface area contributed by atoms with Gasteiger partial charge in [0.15, 0.2) is 5.65 Å². The van der Waals surface area contributed by atoms with Crippen molar-refractivity contribution >= 4 is 21.4 Å². The van der Waals surface area contributed by atoms with Crippen molar-refractivity contribution < 1.29 is 13.2 Å². The molecule has 124 valence electrons. The molecule has 8 heteroatoms. The number of piperidine rings is 1. The predicted molar refractivity (Wildman–Crippen MR) is 84.7 cm³/mol. The number of likely N-dealkylation sites (tertiary alicyclic amines) is 1. The Morgan fingerprint density at radius 3 is 2.61 bits per heavy atom. The van der Waals surface area contributed by atoms with Gasteiger partial charge in [0.25, 0.3) is 5.16 Å². The highest BCUT2D eigenvalue weighted by atomic mass is 32.2. The molecular weight excluding hydrogens is 316 g/mol. The predicted octanol–water partition coefficient (Wildman–Crippen LogP) is 1.29. The Bertz CT molecular complexity index is 820. The van der Waals surface area contributed by atoms with Crippen LogP contribution in [0.5, 0.6) is 0 Å². The van der Waals surface area contributed by atoms with Crippen LogP contribution in [-0.4, -0.2) is 51.7 Å². The van der Waals surface area contributed by atoms with Gasteiger partial charge in [-0.2, -0.15) is 0 Å².